The van der Waals surface area contributed by atoms with Crippen molar-refractivity contribution in [3.63, 3.8) is 0 Å². The molecule has 1 aliphatic rings. The molecular formula is C16H18F2N4O. The highest BCUT2D eigenvalue weighted by Crippen LogP contribution is 2.16. The fraction of sp³-hybridized carbons (Fsp3) is 0.375. The second-order valence-electron chi connectivity index (χ2n) is 5.53. The highest BCUT2D eigenvalue weighted by atomic mass is 19.1. The van der Waals surface area contributed by atoms with Gasteiger partial charge in [0, 0.05) is 51.7 Å². The lowest BCUT2D eigenvalue weighted by molar-refractivity contribution is 0.0623. The van der Waals surface area contributed by atoms with E-state index < -0.39 is 23.1 Å². The molecule has 0 unspecified atom stereocenters. The molecule has 1 saturated heterocycles. The fourth-order valence-electron chi connectivity index (χ4n) is 2.71. The maximum Gasteiger partial charge on any atom is 0.259 e. The third kappa shape index (κ3) is 3.56. The van der Waals surface area contributed by atoms with Crippen molar-refractivity contribution in [1.82, 2.24) is 19.4 Å². The predicted molar refractivity (Wildman–Crippen MR) is 80.9 cm³/mol. The zero-order chi connectivity index (χ0) is 16.2. The Bertz CT molecular complexity index is 646. The van der Waals surface area contributed by atoms with Crippen LogP contribution in [0.5, 0.6) is 0 Å². The molecule has 1 aromatic carbocycles. The third-order valence-corrected chi connectivity index (χ3v) is 4.07. The first-order valence-corrected chi connectivity index (χ1v) is 7.56. The van der Waals surface area contributed by atoms with Crippen molar-refractivity contribution in [2.45, 2.75) is 6.54 Å². The van der Waals surface area contributed by atoms with E-state index in [1.165, 1.54) is 11.0 Å². The van der Waals surface area contributed by atoms with Gasteiger partial charge < -0.3 is 9.47 Å². The largest absolute Gasteiger partial charge is 0.336 e. The lowest BCUT2D eigenvalue weighted by atomic mass is 10.1. The molecule has 0 bridgehead atoms. The van der Waals surface area contributed by atoms with Crippen molar-refractivity contribution < 1.29 is 13.6 Å². The minimum Gasteiger partial charge on any atom is -0.336 e. The normalized spacial score (nSPS) is 15.8. The number of nitrogens with zero attached hydrogens (tertiary/aromatic N) is 4. The van der Waals surface area contributed by atoms with Crippen LogP contribution in [-0.2, 0) is 6.54 Å². The van der Waals surface area contributed by atoms with Gasteiger partial charge in [0.2, 0.25) is 0 Å². The summed E-state index contributed by atoms with van der Waals surface area (Å²) in [5, 5.41) is 0. The second-order valence-corrected chi connectivity index (χ2v) is 5.53. The zero-order valence-corrected chi connectivity index (χ0v) is 12.7. The van der Waals surface area contributed by atoms with E-state index in [1.54, 1.807) is 12.5 Å². The van der Waals surface area contributed by atoms with Crippen LogP contribution in [0, 0.1) is 11.6 Å². The quantitative estimate of drug-likeness (QED) is 0.860. The maximum absolute atomic E-state index is 13.7. The van der Waals surface area contributed by atoms with Crippen LogP contribution in [0.3, 0.4) is 0 Å². The highest BCUT2D eigenvalue weighted by molar-refractivity contribution is 5.94. The summed E-state index contributed by atoms with van der Waals surface area (Å²) in [6.07, 6.45) is 5.40. The lowest BCUT2D eigenvalue weighted by Crippen LogP contribution is -2.49. The average Bonchev–Trinajstić information content (AvgIpc) is 3.06. The van der Waals surface area contributed by atoms with E-state index in [9.17, 15) is 13.6 Å². The number of hydrogen-bond donors (Lipinski definition) is 0. The minimum atomic E-state index is -0.808. The van der Waals surface area contributed by atoms with Gasteiger partial charge in [-0.15, -0.1) is 0 Å². The Morgan fingerprint density at radius 3 is 2.39 bits per heavy atom. The molecule has 5 nitrogen and oxygen atoms in total. The van der Waals surface area contributed by atoms with Crippen LogP contribution >= 0.6 is 0 Å². The highest BCUT2D eigenvalue weighted by Gasteiger charge is 2.26. The summed E-state index contributed by atoms with van der Waals surface area (Å²) in [6.45, 7) is 4.00. The van der Waals surface area contributed by atoms with Crippen LogP contribution in [-0.4, -0.2) is 58.0 Å². The average molecular weight is 320 g/mol. The number of carbonyl (C=O) groups is 1. The van der Waals surface area contributed by atoms with Gasteiger partial charge in [-0.05, 0) is 12.1 Å². The summed E-state index contributed by atoms with van der Waals surface area (Å²) < 4.78 is 29.4. The van der Waals surface area contributed by atoms with E-state index in [-0.39, 0.29) is 0 Å². The first kappa shape index (κ1) is 15.6. The molecule has 7 heteroatoms. The lowest BCUT2D eigenvalue weighted by Gasteiger charge is -2.34. The Kier molecular flexibility index (Phi) is 4.66. The van der Waals surface area contributed by atoms with Crippen molar-refractivity contribution in [1.29, 1.82) is 0 Å². The van der Waals surface area contributed by atoms with Gasteiger partial charge in [-0.3, -0.25) is 9.69 Å². The maximum atomic E-state index is 13.7. The van der Waals surface area contributed by atoms with Crippen LogP contribution in [0.25, 0.3) is 0 Å². The predicted octanol–water partition coefficient (Wildman–Crippen LogP) is 1.62. The molecule has 2 heterocycles. The number of carbonyl (C=O) groups excluding carboxylic acids is 1. The zero-order valence-electron chi connectivity index (χ0n) is 12.7. The molecule has 1 aromatic heterocycles. The molecule has 0 spiro atoms. The first-order chi connectivity index (χ1) is 11.1. The molecule has 122 valence electrons. The number of halogens is 2. The van der Waals surface area contributed by atoms with Crippen LogP contribution in [0.2, 0.25) is 0 Å². The van der Waals surface area contributed by atoms with Gasteiger partial charge in [-0.1, -0.05) is 6.07 Å². The Morgan fingerprint density at radius 1 is 1.09 bits per heavy atom. The Balaban J connectivity index is 1.55. The number of piperazine rings is 1. The molecule has 3 rings (SSSR count). The van der Waals surface area contributed by atoms with Crippen molar-refractivity contribution in [2.75, 3.05) is 32.7 Å². The SMILES string of the molecule is O=C(c1c(F)cccc1F)N1CCN(CCn2ccnc2)CC1. The van der Waals surface area contributed by atoms with Gasteiger partial charge in [0.15, 0.2) is 0 Å². The topological polar surface area (TPSA) is 41.4 Å². The first-order valence-electron chi connectivity index (χ1n) is 7.56. The standard InChI is InChI=1S/C16H18F2N4O/c17-13-2-1-3-14(18)15(13)16(23)22-10-8-20(9-11-22)6-7-21-5-4-19-12-21/h1-5,12H,6-11H2. The smallest absolute Gasteiger partial charge is 0.259 e. The molecular weight excluding hydrogens is 302 g/mol. The number of aromatic nitrogens is 2. The van der Waals surface area contributed by atoms with E-state index in [1.807, 2.05) is 10.8 Å². The Morgan fingerprint density at radius 2 is 1.78 bits per heavy atom. The van der Waals surface area contributed by atoms with Gasteiger partial charge in [0.1, 0.15) is 17.2 Å². The monoisotopic (exact) mass is 320 g/mol. The number of amides is 1. The van der Waals surface area contributed by atoms with Gasteiger partial charge >= 0.3 is 0 Å². The molecule has 0 saturated carbocycles. The van der Waals surface area contributed by atoms with Gasteiger partial charge in [-0.2, -0.15) is 0 Å². The molecule has 0 aliphatic carbocycles. The van der Waals surface area contributed by atoms with E-state index in [4.69, 9.17) is 0 Å². The molecule has 23 heavy (non-hydrogen) atoms. The van der Waals surface area contributed by atoms with E-state index >= 15 is 0 Å². The molecule has 0 radical (unpaired) electrons. The Hall–Kier alpha value is -2.28. The second kappa shape index (κ2) is 6.87. The summed E-state index contributed by atoms with van der Waals surface area (Å²) in [6, 6.07) is 3.48. The third-order valence-electron chi connectivity index (χ3n) is 4.07. The van der Waals surface area contributed by atoms with Crippen molar-refractivity contribution in [3.8, 4) is 0 Å². The van der Waals surface area contributed by atoms with Crippen molar-refractivity contribution in [2.24, 2.45) is 0 Å². The van der Waals surface area contributed by atoms with Gasteiger partial charge in [0.05, 0.1) is 6.33 Å². The summed E-state index contributed by atoms with van der Waals surface area (Å²) in [5.41, 5.74) is -0.459. The summed E-state index contributed by atoms with van der Waals surface area (Å²) in [4.78, 5) is 20.0. The molecule has 1 amide bonds. The van der Waals surface area contributed by atoms with Crippen LogP contribution in [0.15, 0.2) is 36.9 Å². The fourth-order valence-corrected chi connectivity index (χ4v) is 2.71. The number of rotatable bonds is 4. The van der Waals surface area contributed by atoms with Crippen LogP contribution in [0.4, 0.5) is 8.78 Å². The molecule has 1 aliphatic heterocycles. The number of benzene rings is 1. The van der Waals surface area contributed by atoms with E-state index in [2.05, 4.69) is 9.88 Å². The number of hydrogen-bond acceptors (Lipinski definition) is 3. The van der Waals surface area contributed by atoms with E-state index in [0.717, 1.165) is 25.2 Å². The minimum absolute atomic E-state index is 0.459. The summed E-state index contributed by atoms with van der Waals surface area (Å²) >= 11 is 0. The number of imidazole rings is 1. The van der Waals surface area contributed by atoms with Crippen LogP contribution < -0.4 is 0 Å². The molecule has 0 N–H and O–H groups in total. The summed E-state index contributed by atoms with van der Waals surface area (Å²) in [5.74, 6) is -2.19. The van der Waals surface area contributed by atoms with Crippen molar-refractivity contribution in [3.05, 3.63) is 54.1 Å². The van der Waals surface area contributed by atoms with Crippen molar-refractivity contribution >= 4 is 5.91 Å². The molecule has 2 aromatic rings. The molecule has 0 atom stereocenters. The van der Waals surface area contributed by atoms with Crippen LogP contribution in [0.1, 0.15) is 10.4 Å². The Labute approximate surface area is 133 Å². The van der Waals surface area contributed by atoms with E-state index in [0.29, 0.717) is 26.2 Å². The molecule has 1 fully saturated rings. The van der Waals surface area contributed by atoms with Gasteiger partial charge in [0.25, 0.3) is 5.91 Å². The summed E-state index contributed by atoms with van der Waals surface area (Å²) in [7, 11) is 0. The van der Waals surface area contributed by atoms with Gasteiger partial charge in [-0.25, -0.2) is 13.8 Å².